The molecule has 1 fully saturated rings. The first-order valence-electron chi connectivity index (χ1n) is 10.2. The molecule has 6 nitrogen and oxygen atoms in total. The quantitative estimate of drug-likeness (QED) is 0.664. The molecule has 0 saturated heterocycles. The Labute approximate surface area is 170 Å². The molecule has 2 aromatic carbocycles. The van der Waals surface area contributed by atoms with Crippen LogP contribution >= 0.6 is 0 Å². The van der Waals surface area contributed by atoms with Crippen LogP contribution in [0.15, 0.2) is 54.6 Å². The first-order valence-corrected chi connectivity index (χ1v) is 10.2. The van der Waals surface area contributed by atoms with Crippen LogP contribution in [0.1, 0.15) is 59.8 Å². The first kappa shape index (κ1) is 19.2. The van der Waals surface area contributed by atoms with Crippen molar-refractivity contribution in [1.82, 2.24) is 14.8 Å². The van der Waals surface area contributed by atoms with Crippen LogP contribution in [0.5, 0.6) is 5.75 Å². The van der Waals surface area contributed by atoms with Crippen molar-refractivity contribution < 1.29 is 9.53 Å². The molecule has 1 saturated carbocycles. The van der Waals surface area contributed by atoms with Gasteiger partial charge in [0.25, 0.3) is 5.91 Å². The minimum atomic E-state index is -0.243. The Morgan fingerprint density at radius 2 is 1.79 bits per heavy atom. The second-order valence-electron chi connectivity index (χ2n) is 7.38. The number of hydrogen-bond acceptors (Lipinski definition) is 5. The lowest BCUT2D eigenvalue weighted by Gasteiger charge is -2.18. The van der Waals surface area contributed by atoms with E-state index in [1.165, 1.54) is 23.9 Å². The van der Waals surface area contributed by atoms with Crippen molar-refractivity contribution in [1.29, 1.82) is 0 Å². The predicted octanol–water partition coefficient (Wildman–Crippen LogP) is 4.64. The summed E-state index contributed by atoms with van der Waals surface area (Å²) in [5, 5.41) is 7.94. The molecule has 0 amide bonds. The molecule has 1 aliphatic carbocycles. The molecule has 6 heteroatoms. The predicted molar refractivity (Wildman–Crippen MR) is 112 cm³/mol. The maximum atomic E-state index is 13.3. The first-order chi connectivity index (χ1) is 14.3. The average Bonchev–Trinajstić information content (AvgIpc) is 3.23. The van der Waals surface area contributed by atoms with Gasteiger partial charge in [-0.3, -0.25) is 4.79 Å². The number of carbonyl (C=O) groups is 1. The van der Waals surface area contributed by atoms with Crippen molar-refractivity contribution in [3.8, 4) is 5.75 Å². The Kier molecular flexibility index (Phi) is 5.89. The summed E-state index contributed by atoms with van der Waals surface area (Å²) in [5.41, 5.74) is 1.59. The third-order valence-electron chi connectivity index (χ3n) is 5.42. The van der Waals surface area contributed by atoms with E-state index in [1.807, 2.05) is 42.5 Å². The van der Waals surface area contributed by atoms with E-state index in [1.54, 1.807) is 19.2 Å². The lowest BCUT2D eigenvalue weighted by Crippen LogP contribution is -2.18. The highest BCUT2D eigenvalue weighted by atomic mass is 16.5. The zero-order valence-corrected chi connectivity index (χ0v) is 16.7. The minimum absolute atomic E-state index is 0.243. The number of nitrogens with zero attached hydrogens (tertiary/aromatic N) is 3. The Morgan fingerprint density at radius 1 is 1.07 bits per heavy atom. The van der Waals surface area contributed by atoms with E-state index in [0.717, 1.165) is 24.2 Å². The number of aromatic nitrogens is 3. The largest absolute Gasteiger partial charge is 0.496 e. The summed E-state index contributed by atoms with van der Waals surface area (Å²) >= 11 is 0. The highest BCUT2D eigenvalue weighted by Gasteiger charge is 2.25. The van der Waals surface area contributed by atoms with E-state index in [9.17, 15) is 4.79 Å². The van der Waals surface area contributed by atoms with Gasteiger partial charge in [-0.05, 0) is 30.5 Å². The fourth-order valence-corrected chi connectivity index (χ4v) is 3.83. The Morgan fingerprint density at radius 3 is 2.55 bits per heavy atom. The smallest absolute Gasteiger partial charge is 0.285 e. The minimum Gasteiger partial charge on any atom is -0.496 e. The second kappa shape index (κ2) is 8.90. The number of methoxy groups -OCH3 is 1. The molecule has 0 aliphatic heterocycles. The SMILES string of the molecule is COc1ccccc1C(=O)n1nc(C2CCCCC2)nc1NCc1ccccc1. The molecular formula is C23H26N4O2. The highest BCUT2D eigenvalue weighted by Crippen LogP contribution is 2.32. The van der Waals surface area contributed by atoms with E-state index >= 15 is 0 Å². The molecule has 150 valence electrons. The van der Waals surface area contributed by atoms with Crippen molar-refractivity contribution in [3.05, 3.63) is 71.5 Å². The van der Waals surface area contributed by atoms with Gasteiger partial charge in [0.1, 0.15) is 5.75 Å². The van der Waals surface area contributed by atoms with Gasteiger partial charge in [-0.25, -0.2) is 0 Å². The maximum Gasteiger partial charge on any atom is 0.285 e. The molecule has 0 atom stereocenters. The summed E-state index contributed by atoms with van der Waals surface area (Å²) in [6.45, 7) is 0.572. The van der Waals surface area contributed by atoms with Crippen molar-refractivity contribution in [2.24, 2.45) is 0 Å². The number of anilines is 1. The van der Waals surface area contributed by atoms with Crippen molar-refractivity contribution >= 4 is 11.9 Å². The second-order valence-corrected chi connectivity index (χ2v) is 7.38. The molecule has 29 heavy (non-hydrogen) atoms. The van der Waals surface area contributed by atoms with Crippen LogP contribution < -0.4 is 10.1 Å². The standard InChI is InChI=1S/C23H26N4O2/c1-29-20-15-9-8-14-19(20)22(28)27-23(24-16-17-10-4-2-5-11-17)25-21(26-27)18-12-6-3-7-13-18/h2,4-5,8-11,14-15,18H,3,6-7,12-13,16H2,1H3,(H,24,25,26). The lowest BCUT2D eigenvalue weighted by molar-refractivity contribution is 0.0943. The van der Waals surface area contributed by atoms with Crippen LogP contribution in [0.2, 0.25) is 0 Å². The zero-order valence-electron chi connectivity index (χ0n) is 16.7. The monoisotopic (exact) mass is 390 g/mol. The number of rotatable bonds is 6. The normalized spacial score (nSPS) is 14.5. The third kappa shape index (κ3) is 4.31. The maximum absolute atomic E-state index is 13.3. The van der Waals surface area contributed by atoms with Gasteiger partial charge in [-0.2, -0.15) is 9.67 Å². The van der Waals surface area contributed by atoms with Crippen molar-refractivity contribution in [2.75, 3.05) is 12.4 Å². The Balaban J connectivity index is 1.66. The van der Waals surface area contributed by atoms with Crippen LogP contribution in [0.3, 0.4) is 0 Å². The summed E-state index contributed by atoms with van der Waals surface area (Å²) in [6, 6.07) is 17.3. The van der Waals surface area contributed by atoms with Crippen LogP contribution in [0, 0.1) is 0 Å². The Bertz CT molecular complexity index is 962. The van der Waals surface area contributed by atoms with Gasteiger partial charge in [0.15, 0.2) is 5.82 Å². The molecule has 3 aromatic rings. The molecule has 0 bridgehead atoms. The topological polar surface area (TPSA) is 69.0 Å². The molecule has 1 aliphatic rings. The molecule has 1 heterocycles. The number of para-hydroxylation sites is 1. The van der Waals surface area contributed by atoms with E-state index in [4.69, 9.17) is 9.72 Å². The summed E-state index contributed by atoms with van der Waals surface area (Å²) in [5.74, 6) is 1.83. The van der Waals surface area contributed by atoms with E-state index < -0.39 is 0 Å². The van der Waals surface area contributed by atoms with Crippen LogP contribution in [-0.4, -0.2) is 27.8 Å². The fourth-order valence-electron chi connectivity index (χ4n) is 3.83. The van der Waals surface area contributed by atoms with E-state index in [2.05, 4.69) is 10.4 Å². The number of hydrogen-bond donors (Lipinski definition) is 1. The molecule has 0 spiro atoms. The average molecular weight is 390 g/mol. The Hall–Kier alpha value is -3.15. The van der Waals surface area contributed by atoms with Gasteiger partial charge in [0, 0.05) is 12.5 Å². The van der Waals surface area contributed by atoms with Gasteiger partial charge < -0.3 is 10.1 Å². The molecule has 1 N–H and O–H groups in total. The van der Waals surface area contributed by atoms with Gasteiger partial charge in [0.05, 0.1) is 12.7 Å². The summed E-state index contributed by atoms with van der Waals surface area (Å²) in [6.07, 6.45) is 5.78. The fraction of sp³-hybridized carbons (Fsp3) is 0.348. The van der Waals surface area contributed by atoms with Crippen molar-refractivity contribution in [3.63, 3.8) is 0 Å². The van der Waals surface area contributed by atoms with Gasteiger partial charge in [-0.1, -0.05) is 61.7 Å². The van der Waals surface area contributed by atoms with Gasteiger partial charge in [-0.15, -0.1) is 5.10 Å². The van der Waals surface area contributed by atoms with E-state index in [0.29, 0.717) is 29.7 Å². The third-order valence-corrected chi connectivity index (χ3v) is 5.42. The lowest BCUT2D eigenvalue weighted by atomic mass is 9.89. The molecule has 0 unspecified atom stereocenters. The molecule has 0 radical (unpaired) electrons. The van der Waals surface area contributed by atoms with Gasteiger partial charge >= 0.3 is 0 Å². The number of ether oxygens (including phenoxy) is 1. The number of benzene rings is 2. The highest BCUT2D eigenvalue weighted by molar-refractivity contribution is 5.99. The van der Waals surface area contributed by atoms with Crippen LogP contribution in [-0.2, 0) is 6.54 Å². The molecular weight excluding hydrogens is 364 g/mol. The summed E-state index contributed by atoms with van der Waals surface area (Å²) in [7, 11) is 1.56. The molecule has 4 rings (SSSR count). The summed E-state index contributed by atoms with van der Waals surface area (Å²) in [4.78, 5) is 18.0. The molecule has 1 aromatic heterocycles. The van der Waals surface area contributed by atoms with E-state index in [-0.39, 0.29) is 5.91 Å². The van der Waals surface area contributed by atoms with Crippen LogP contribution in [0.4, 0.5) is 5.95 Å². The van der Waals surface area contributed by atoms with Crippen LogP contribution in [0.25, 0.3) is 0 Å². The zero-order chi connectivity index (χ0) is 20.1. The summed E-state index contributed by atoms with van der Waals surface area (Å²) < 4.78 is 6.77. The number of nitrogens with one attached hydrogen (secondary N) is 1. The number of carbonyl (C=O) groups excluding carboxylic acids is 1. The van der Waals surface area contributed by atoms with Crippen molar-refractivity contribution in [2.45, 2.75) is 44.6 Å². The van der Waals surface area contributed by atoms with Gasteiger partial charge in [0.2, 0.25) is 5.95 Å².